The Morgan fingerprint density at radius 3 is 2.63 bits per heavy atom. The lowest BCUT2D eigenvalue weighted by Gasteiger charge is -2.20. The van der Waals surface area contributed by atoms with Gasteiger partial charge in [-0.3, -0.25) is 4.79 Å². The number of nitrogens with one attached hydrogen (secondary N) is 1. The summed E-state index contributed by atoms with van der Waals surface area (Å²) in [6, 6.07) is 5.41. The third-order valence-corrected chi connectivity index (χ3v) is 2.94. The van der Waals surface area contributed by atoms with E-state index >= 15 is 0 Å². The van der Waals surface area contributed by atoms with Crippen LogP contribution in [0.1, 0.15) is 12.8 Å². The molecule has 0 bridgehead atoms. The maximum atomic E-state index is 12.1. The number of amides is 1. The summed E-state index contributed by atoms with van der Waals surface area (Å²) in [4.78, 5) is 13.7. The van der Waals surface area contributed by atoms with Crippen LogP contribution < -0.4 is 19.7 Å². The van der Waals surface area contributed by atoms with Gasteiger partial charge in [0, 0.05) is 19.5 Å². The van der Waals surface area contributed by atoms with Crippen molar-refractivity contribution in [3.8, 4) is 11.5 Å². The van der Waals surface area contributed by atoms with Crippen molar-refractivity contribution in [1.82, 2.24) is 5.32 Å². The number of nitrogens with zero attached hydrogens (tertiary/aromatic N) is 1. The fourth-order valence-corrected chi connectivity index (χ4v) is 1.78. The van der Waals surface area contributed by atoms with Crippen molar-refractivity contribution in [1.29, 1.82) is 0 Å². The molecule has 1 amide bonds. The van der Waals surface area contributed by atoms with Crippen LogP contribution in [0.5, 0.6) is 11.5 Å². The molecule has 0 fully saturated rings. The number of benzene rings is 1. The monoisotopic (exact) mass is 266 g/mol. The number of carbonyl (C=O) groups is 1. The van der Waals surface area contributed by atoms with E-state index in [0.29, 0.717) is 17.9 Å². The van der Waals surface area contributed by atoms with Crippen molar-refractivity contribution < 1.29 is 14.3 Å². The zero-order chi connectivity index (χ0) is 14.3. The SMILES string of the molecule is CNCCCC(=O)N(C)c1ccc(OC)cc1OC. The van der Waals surface area contributed by atoms with Crippen LogP contribution in [0.2, 0.25) is 0 Å². The predicted octanol–water partition coefficient (Wildman–Crippen LogP) is 1.67. The quantitative estimate of drug-likeness (QED) is 0.763. The van der Waals surface area contributed by atoms with Crippen LogP contribution in [-0.4, -0.2) is 40.8 Å². The third kappa shape index (κ3) is 4.13. The van der Waals surface area contributed by atoms with Gasteiger partial charge in [-0.2, -0.15) is 0 Å². The van der Waals surface area contributed by atoms with E-state index in [1.165, 1.54) is 0 Å². The molecule has 0 aliphatic heterocycles. The van der Waals surface area contributed by atoms with E-state index in [2.05, 4.69) is 5.32 Å². The molecular weight excluding hydrogens is 244 g/mol. The molecule has 0 spiro atoms. The minimum Gasteiger partial charge on any atom is -0.497 e. The Labute approximate surface area is 114 Å². The molecule has 19 heavy (non-hydrogen) atoms. The van der Waals surface area contributed by atoms with Gasteiger partial charge in [-0.25, -0.2) is 0 Å². The highest BCUT2D eigenvalue weighted by Gasteiger charge is 2.15. The number of hydrogen-bond donors (Lipinski definition) is 1. The Balaban J connectivity index is 2.80. The van der Waals surface area contributed by atoms with Crippen molar-refractivity contribution in [2.75, 3.05) is 39.8 Å². The number of rotatable bonds is 7. The first kappa shape index (κ1) is 15.3. The van der Waals surface area contributed by atoms with Crippen molar-refractivity contribution in [3.05, 3.63) is 18.2 Å². The van der Waals surface area contributed by atoms with E-state index in [0.717, 1.165) is 18.7 Å². The summed E-state index contributed by atoms with van der Waals surface area (Å²) in [5.74, 6) is 1.40. The molecule has 0 heterocycles. The van der Waals surface area contributed by atoms with Crippen LogP contribution in [0.4, 0.5) is 5.69 Å². The zero-order valence-electron chi connectivity index (χ0n) is 12.0. The summed E-state index contributed by atoms with van der Waals surface area (Å²) >= 11 is 0. The number of carbonyl (C=O) groups excluding carboxylic acids is 1. The second kappa shape index (κ2) is 7.63. The predicted molar refractivity (Wildman–Crippen MR) is 76.1 cm³/mol. The molecule has 1 N–H and O–H groups in total. The average Bonchev–Trinajstić information content (AvgIpc) is 2.45. The third-order valence-electron chi connectivity index (χ3n) is 2.94. The van der Waals surface area contributed by atoms with Gasteiger partial charge in [0.1, 0.15) is 11.5 Å². The summed E-state index contributed by atoms with van der Waals surface area (Å²) in [6.07, 6.45) is 1.32. The lowest BCUT2D eigenvalue weighted by Crippen LogP contribution is -2.27. The Morgan fingerprint density at radius 2 is 2.05 bits per heavy atom. The van der Waals surface area contributed by atoms with Crippen molar-refractivity contribution in [2.24, 2.45) is 0 Å². The Bertz CT molecular complexity index is 421. The van der Waals surface area contributed by atoms with Crippen LogP contribution in [-0.2, 0) is 4.79 Å². The number of ether oxygens (including phenoxy) is 2. The fourth-order valence-electron chi connectivity index (χ4n) is 1.78. The molecule has 0 atom stereocenters. The molecule has 106 valence electrons. The van der Waals surface area contributed by atoms with Gasteiger partial charge in [0.15, 0.2) is 0 Å². The standard InChI is InChI=1S/C14H22N2O3/c1-15-9-5-6-14(17)16(2)12-8-7-11(18-3)10-13(12)19-4/h7-8,10,15H,5-6,9H2,1-4H3. The summed E-state index contributed by atoms with van der Waals surface area (Å²) in [5.41, 5.74) is 0.748. The van der Waals surface area contributed by atoms with Gasteiger partial charge >= 0.3 is 0 Å². The highest BCUT2D eigenvalue weighted by atomic mass is 16.5. The van der Waals surface area contributed by atoms with Gasteiger partial charge in [-0.1, -0.05) is 0 Å². The van der Waals surface area contributed by atoms with Crippen molar-refractivity contribution in [3.63, 3.8) is 0 Å². The lowest BCUT2D eigenvalue weighted by atomic mass is 10.2. The second-order valence-electron chi connectivity index (χ2n) is 4.20. The minimum atomic E-state index is 0.0683. The maximum absolute atomic E-state index is 12.1. The Kier molecular flexibility index (Phi) is 6.15. The molecule has 0 unspecified atom stereocenters. The van der Waals surface area contributed by atoms with E-state index < -0.39 is 0 Å². The Hall–Kier alpha value is -1.75. The van der Waals surface area contributed by atoms with Gasteiger partial charge in [-0.05, 0) is 32.1 Å². The largest absolute Gasteiger partial charge is 0.497 e. The van der Waals surface area contributed by atoms with Gasteiger partial charge in [0.2, 0.25) is 5.91 Å². The molecule has 5 heteroatoms. The van der Waals surface area contributed by atoms with E-state index in [-0.39, 0.29) is 5.91 Å². The highest BCUT2D eigenvalue weighted by molar-refractivity contribution is 5.94. The average molecular weight is 266 g/mol. The smallest absolute Gasteiger partial charge is 0.226 e. The van der Waals surface area contributed by atoms with Gasteiger partial charge in [-0.15, -0.1) is 0 Å². The normalized spacial score (nSPS) is 10.1. The zero-order valence-corrected chi connectivity index (χ0v) is 12.0. The second-order valence-corrected chi connectivity index (χ2v) is 4.20. The first-order valence-corrected chi connectivity index (χ1v) is 6.27. The molecule has 0 saturated carbocycles. The van der Waals surface area contributed by atoms with Crippen LogP contribution in [0.15, 0.2) is 18.2 Å². The molecule has 0 aliphatic carbocycles. The lowest BCUT2D eigenvalue weighted by molar-refractivity contribution is -0.118. The molecule has 1 aromatic rings. The van der Waals surface area contributed by atoms with Crippen LogP contribution in [0, 0.1) is 0 Å². The summed E-state index contributed by atoms with van der Waals surface area (Å²) in [5, 5.41) is 3.03. The first-order chi connectivity index (χ1) is 9.13. The van der Waals surface area contributed by atoms with Gasteiger partial charge in [0.05, 0.1) is 19.9 Å². The molecule has 0 saturated heterocycles. The molecule has 0 aromatic heterocycles. The molecule has 5 nitrogen and oxygen atoms in total. The number of hydrogen-bond acceptors (Lipinski definition) is 4. The van der Waals surface area contributed by atoms with Gasteiger partial charge in [0.25, 0.3) is 0 Å². The number of methoxy groups -OCH3 is 2. The van der Waals surface area contributed by atoms with Crippen LogP contribution in [0.3, 0.4) is 0 Å². The molecule has 1 rings (SSSR count). The summed E-state index contributed by atoms with van der Waals surface area (Å²) in [7, 11) is 6.81. The van der Waals surface area contributed by atoms with Crippen LogP contribution >= 0.6 is 0 Å². The molecule has 1 aromatic carbocycles. The Morgan fingerprint density at radius 1 is 1.32 bits per heavy atom. The molecule has 0 radical (unpaired) electrons. The van der Waals surface area contributed by atoms with Gasteiger partial charge < -0.3 is 19.7 Å². The van der Waals surface area contributed by atoms with Crippen LogP contribution in [0.25, 0.3) is 0 Å². The molecular formula is C14H22N2O3. The number of anilines is 1. The maximum Gasteiger partial charge on any atom is 0.226 e. The van der Waals surface area contributed by atoms with Crippen molar-refractivity contribution >= 4 is 11.6 Å². The summed E-state index contributed by atoms with van der Waals surface area (Å²) in [6.45, 7) is 0.833. The first-order valence-electron chi connectivity index (χ1n) is 6.27. The van der Waals surface area contributed by atoms with E-state index in [9.17, 15) is 4.79 Å². The summed E-state index contributed by atoms with van der Waals surface area (Å²) < 4.78 is 10.4. The fraction of sp³-hybridized carbons (Fsp3) is 0.500. The van der Waals surface area contributed by atoms with E-state index in [1.54, 1.807) is 32.2 Å². The minimum absolute atomic E-state index is 0.0683. The van der Waals surface area contributed by atoms with Crippen molar-refractivity contribution in [2.45, 2.75) is 12.8 Å². The van der Waals surface area contributed by atoms with E-state index in [4.69, 9.17) is 9.47 Å². The highest BCUT2D eigenvalue weighted by Crippen LogP contribution is 2.31. The van der Waals surface area contributed by atoms with E-state index in [1.807, 2.05) is 19.2 Å². The molecule has 0 aliphatic rings. The topological polar surface area (TPSA) is 50.8 Å².